The van der Waals surface area contributed by atoms with Crippen LogP contribution in [0.25, 0.3) is 0 Å². The van der Waals surface area contributed by atoms with Gasteiger partial charge in [-0.2, -0.15) is 8.42 Å². The number of nitrogens with zero attached hydrogens (tertiary/aromatic N) is 3. The smallest absolute Gasteiger partial charge is 0.397 e. The number of hydrogen-bond acceptors (Lipinski definition) is 15. The number of hydrogen-bond donors (Lipinski definition) is 10. The lowest BCUT2D eigenvalue weighted by Gasteiger charge is -2.43. The maximum absolute atomic E-state index is 15.0. The van der Waals surface area contributed by atoms with E-state index in [1.54, 1.807) is 44.2 Å². The number of cyclic esters (lactones) is 1. The Balaban J connectivity index is 1.87. The number of aliphatic hydroxyl groups excluding tert-OH is 2. The Labute approximate surface area is 386 Å². The van der Waals surface area contributed by atoms with Gasteiger partial charge in [-0.05, 0) is 61.8 Å². The zero-order valence-electron chi connectivity index (χ0n) is 37.3. The van der Waals surface area contributed by atoms with Crippen LogP contribution in [0, 0.1) is 5.92 Å². The summed E-state index contributed by atoms with van der Waals surface area (Å²) in [5.41, 5.74) is 12.0. The number of aliphatic imine (C=N–C) groups is 1. The van der Waals surface area contributed by atoms with E-state index in [0.29, 0.717) is 11.1 Å². The molecule has 9 atom stereocenters. The Bertz CT molecular complexity index is 2230. The molecule has 2 saturated heterocycles. The Hall–Kier alpha value is -6.41. The van der Waals surface area contributed by atoms with Gasteiger partial charge in [-0.15, -0.1) is 0 Å². The molecule has 2 fully saturated rings. The van der Waals surface area contributed by atoms with Gasteiger partial charge in [-0.1, -0.05) is 56.3 Å². The summed E-state index contributed by atoms with van der Waals surface area (Å²) in [6.45, 7) is 2.92. The number of phenols is 1. The number of fused-ring (bicyclic) bond motifs is 2. The molecule has 2 aliphatic heterocycles. The number of carbonyl (C=O) groups is 7. The van der Waals surface area contributed by atoms with Gasteiger partial charge in [-0.25, -0.2) is 8.98 Å². The van der Waals surface area contributed by atoms with Crippen LogP contribution in [0.2, 0.25) is 0 Å². The van der Waals surface area contributed by atoms with Crippen LogP contribution in [0.5, 0.6) is 5.75 Å². The minimum Gasteiger partial charge on any atom is -0.508 e. The number of phenolic OH excluding ortho intramolecular Hbond substituents is 1. The first-order chi connectivity index (χ1) is 31.5. The third kappa shape index (κ3) is 15.3. The molecule has 6 amide bonds. The summed E-state index contributed by atoms with van der Waals surface area (Å²) in [5.74, 6) is -8.40. The fourth-order valence-corrected chi connectivity index (χ4v) is 7.74. The minimum absolute atomic E-state index is 0.0364. The number of ether oxygens (including phenoxy) is 1. The Morgan fingerprint density at radius 1 is 0.910 bits per heavy atom. The molecular weight excluding hydrogens is 903 g/mol. The maximum atomic E-state index is 15.0. The number of carbonyl (C=O) groups excluding carboxylic acids is 7. The van der Waals surface area contributed by atoms with Gasteiger partial charge in [0.15, 0.2) is 12.1 Å². The number of aromatic hydroxyl groups is 1. The molecule has 0 aliphatic carbocycles. The van der Waals surface area contributed by atoms with E-state index in [1.165, 1.54) is 31.3 Å². The van der Waals surface area contributed by atoms with Crippen molar-refractivity contribution in [3.8, 4) is 5.75 Å². The molecule has 4 rings (SSSR count). The highest BCUT2D eigenvalue weighted by Gasteiger charge is 2.46. The SMILES string of the molecule is CC(C)C1NC(=O)[C@@H](Cc2ccc(O)cc2)N(C)C(=O)[C@@H](Cc2ccccc2)N2C(=O)[C@@H](CC[C@@H]2O)NC(=O)[C@@H](CCCN=C(N)N)NC(=O)[C@@H](NC(=O)C(O)COS(=O)(=O)O)[C@H](C)OC1=O. The third-order valence-corrected chi connectivity index (χ3v) is 11.5. The average Bonchev–Trinajstić information content (AvgIpc) is 3.26. The van der Waals surface area contributed by atoms with E-state index >= 15 is 0 Å². The molecule has 25 heteroatoms. The first-order valence-electron chi connectivity index (χ1n) is 21.3. The van der Waals surface area contributed by atoms with Gasteiger partial charge in [0.2, 0.25) is 29.5 Å². The van der Waals surface area contributed by atoms with Crippen molar-refractivity contribution >= 4 is 57.8 Å². The minimum atomic E-state index is -5.14. The van der Waals surface area contributed by atoms with Crippen LogP contribution in [-0.2, 0) is 65.7 Å². The number of aliphatic hydroxyl groups is 2. The number of nitrogens with one attached hydrogen (secondary N) is 4. The number of likely N-dealkylation sites (N-methyl/N-ethyl adjacent to an activating group) is 1. The van der Waals surface area contributed by atoms with Gasteiger partial charge in [0.05, 0.1) is 0 Å². The van der Waals surface area contributed by atoms with E-state index in [0.717, 1.165) is 16.7 Å². The second-order valence-electron chi connectivity index (χ2n) is 16.5. The van der Waals surface area contributed by atoms with Crippen LogP contribution in [0.1, 0.15) is 57.6 Å². The third-order valence-electron chi connectivity index (χ3n) is 11.1. The summed E-state index contributed by atoms with van der Waals surface area (Å²) in [7, 11) is -3.82. The van der Waals surface area contributed by atoms with Crippen molar-refractivity contribution in [1.29, 1.82) is 0 Å². The molecule has 0 aromatic heterocycles. The zero-order valence-corrected chi connectivity index (χ0v) is 38.1. The maximum Gasteiger partial charge on any atom is 0.397 e. The molecule has 2 aromatic carbocycles. The lowest BCUT2D eigenvalue weighted by molar-refractivity contribution is -0.165. The van der Waals surface area contributed by atoms with Gasteiger partial charge in [0.1, 0.15) is 60.9 Å². The van der Waals surface area contributed by atoms with E-state index in [1.807, 2.05) is 0 Å². The van der Waals surface area contributed by atoms with Crippen LogP contribution in [0.4, 0.5) is 0 Å². The molecule has 0 saturated carbocycles. The average molecular weight is 962 g/mol. The zero-order chi connectivity index (χ0) is 49.7. The molecular formula is C42H59N9O15S. The number of rotatable bonds is 14. The molecule has 12 N–H and O–H groups in total. The fraction of sp³-hybridized carbons (Fsp3) is 0.524. The summed E-state index contributed by atoms with van der Waals surface area (Å²) < 4.78 is 41.0. The number of nitrogens with two attached hydrogens (primary N) is 2. The first kappa shape index (κ1) is 53.2. The van der Waals surface area contributed by atoms with E-state index in [4.69, 9.17) is 20.8 Å². The van der Waals surface area contributed by atoms with Gasteiger partial charge in [-0.3, -0.25) is 38.3 Å². The Morgan fingerprint density at radius 3 is 2.15 bits per heavy atom. The molecule has 24 nitrogen and oxygen atoms in total. The van der Waals surface area contributed by atoms with Crippen LogP contribution >= 0.6 is 0 Å². The predicted molar refractivity (Wildman–Crippen MR) is 236 cm³/mol. The van der Waals surface area contributed by atoms with Crippen molar-refractivity contribution in [2.75, 3.05) is 20.2 Å². The monoisotopic (exact) mass is 961 g/mol. The predicted octanol–water partition coefficient (Wildman–Crippen LogP) is -2.91. The number of esters is 1. The van der Waals surface area contributed by atoms with Gasteiger partial charge in [0, 0.05) is 26.4 Å². The van der Waals surface area contributed by atoms with Crippen LogP contribution in [0.3, 0.4) is 0 Å². The molecule has 0 spiro atoms. The molecule has 2 unspecified atom stereocenters. The first-order valence-corrected chi connectivity index (χ1v) is 22.7. The highest BCUT2D eigenvalue weighted by molar-refractivity contribution is 7.80. The van der Waals surface area contributed by atoms with Gasteiger partial charge < -0.3 is 62.6 Å². The summed E-state index contributed by atoms with van der Waals surface area (Å²) >= 11 is 0. The summed E-state index contributed by atoms with van der Waals surface area (Å²) in [5, 5.41) is 41.7. The van der Waals surface area contributed by atoms with Crippen molar-refractivity contribution in [3.63, 3.8) is 0 Å². The normalized spacial score (nSPS) is 25.4. The quantitative estimate of drug-likeness (QED) is 0.0298. The molecule has 67 heavy (non-hydrogen) atoms. The molecule has 2 aliphatic rings. The summed E-state index contributed by atoms with van der Waals surface area (Å²) in [4.78, 5) is 106. The van der Waals surface area contributed by atoms with Crippen LogP contribution in [-0.4, -0.2) is 160 Å². The lowest BCUT2D eigenvalue weighted by Crippen LogP contribution is -2.65. The number of piperidine rings is 1. The second-order valence-corrected chi connectivity index (χ2v) is 17.6. The number of benzene rings is 2. The van der Waals surface area contributed by atoms with E-state index in [2.05, 4.69) is 30.4 Å². The van der Waals surface area contributed by atoms with Crippen molar-refractivity contribution in [2.45, 2.75) is 114 Å². The van der Waals surface area contributed by atoms with Crippen LogP contribution < -0.4 is 32.7 Å². The standard InChI is InChI=1S/C42H59N9O15S/c1-22(2)33-41(61)66-23(3)34(49-37(57)31(53)21-65-67(62,63)64)38(58)46-27(11-8-18-45-42(43)44)35(55)47-28-16-17-32(54)51(39(28)59)30(20-24-9-6-5-7-10-24)40(60)50(4)29(36(56)48-33)19-25-12-14-26(52)15-13-25/h5-7,9-10,12-15,22-23,27-34,52-54H,8,11,16-21H2,1-4H3,(H,46,58)(H,47,55)(H,48,56)(H,49,57)(H4,43,44,45)(H,62,63,64)/t23-,27+,28+,29+,30+,31?,32-,33?,34-/m0/s1. The van der Waals surface area contributed by atoms with E-state index in [9.17, 15) is 57.3 Å². The Kier molecular flexibility index (Phi) is 18.9. The van der Waals surface area contributed by atoms with Crippen LogP contribution in [0.15, 0.2) is 59.6 Å². The fourth-order valence-electron chi connectivity index (χ4n) is 7.44. The largest absolute Gasteiger partial charge is 0.508 e. The van der Waals surface area contributed by atoms with E-state index in [-0.39, 0.29) is 56.8 Å². The van der Waals surface area contributed by atoms with Crippen molar-refractivity contribution < 1.29 is 70.8 Å². The molecule has 0 radical (unpaired) electrons. The Morgan fingerprint density at radius 2 is 1.54 bits per heavy atom. The van der Waals surface area contributed by atoms with Crippen molar-refractivity contribution in [2.24, 2.45) is 22.4 Å². The number of amides is 6. The highest BCUT2D eigenvalue weighted by Crippen LogP contribution is 2.25. The number of guanidine groups is 1. The molecule has 2 aromatic rings. The molecule has 368 valence electrons. The summed E-state index contributed by atoms with van der Waals surface area (Å²) in [6, 6.07) is 4.98. The topological polar surface area (TPSA) is 372 Å². The lowest BCUT2D eigenvalue weighted by atomic mass is 9.95. The van der Waals surface area contributed by atoms with Crippen molar-refractivity contribution in [1.82, 2.24) is 31.1 Å². The molecule has 2 heterocycles. The van der Waals surface area contributed by atoms with Gasteiger partial charge >= 0.3 is 16.4 Å². The van der Waals surface area contributed by atoms with E-state index < -0.39 is 119 Å². The highest BCUT2D eigenvalue weighted by atomic mass is 32.3. The molecule has 2 bridgehead atoms. The summed E-state index contributed by atoms with van der Waals surface area (Å²) in [6.07, 6.45) is -6.33. The van der Waals surface area contributed by atoms with Gasteiger partial charge in [0.25, 0.3) is 5.91 Å². The van der Waals surface area contributed by atoms with Crippen molar-refractivity contribution in [3.05, 3.63) is 65.7 Å². The second kappa shape index (κ2) is 23.9.